The van der Waals surface area contributed by atoms with E-state index in [1.54, 1.807) is 0 Å². The van der Waals surface area contributed by atoms with E-state index in [0.717, 1.165) is 19.1 Å². The van der Waals surface area contributed by atoms with Gasteiger partial charge < -0.3 is 15.0 Å². The highest BCUT2D eigenvalue weighted by Crippen LogP contribution is 2.41. The molecule has 1 unspecified atom stereocenters. The number of unbranched alkanes of at least 4 members (excludes halogenated alkanes) is 1. The van der Waals surface area contributed by atoms with Crippen molar-refractivity contribution >= 4 is 6.29 Å². The van der Waals surface area contributed by atoms with Crippen LogP contribution in [0.25, 0.3) is 0 Å². The first-order valence-electron chi connectivity index (χ1n) is 8.63. The van der Waals surface area contributed by atoms with E-state index >= 15 is 0 Å². The predicted octanol–water partition coefficient (Wildman–Crippen LogP) is 3.57. The van der Waals surface area contributed by atoms with Crippen LogP contribution in [0.1, 0.15) is 72.6 Å². The summed E-state index contributed by atoms with van der Waals surface area (Å²) < 4.78 is 0. The van der Waals surface area contributed by atoms with Crippen LogP contribution in [0.2, 0.25) is 0 Å². The van der Waals surface area contributed by atoms with Gasteiger partial charge >= 0.3 is 0 Å². The summed E-state index contributed by atoms with van der Waals surface area (Å²) in [5.74, 6) is 0.465. The van der Waals surface area contributed by atoms with E-state index in [2.05, 4.69) is 27.7 Å². The summed E-state index contributed by atoms with van der Waals surface area (Å²) in [6.45, 7) is 9.00. The first-order valence-corrected chi connectivity index (χ1v) is 8.63. The highest BCUT2D eigenvalue weighted by atomic mass is 16.3. The van der Waals surface area contributed by atoms with E-state index in [-0.39, 0.29) is 17.3 Å². The fraction of sp³-hybridized carbons (Fsp3) is 0.944. The van der Waals surface area contributed by atoms with Gasteiger partial charge in [0.15, 0.2) is 0 Å². The van der Waals surface area contributed by atoms with Gasteiger partial charge in [0.2, 0.25) is 0 Å². The van der Waals surface area contributed by atoms with Crippen LogP contribution in [0.4, 0.5) is 0 Å². The first kappa shape index (κ1) is 18.6. The zero-order valence-corrected chi connectivity index (χ0v) is 14.2. The predicted molar refractivity (Wildman–Crippen MR) is 86.0 cm³/mol. The highest BCUT2D eigenvalue weighted by Gasteiger charge is 2.40. The zero-order chi connectivity index (χ0) is 16.0. The smallest absolute Gasteiger partial charge is 0.120 e. The standard InChI is InChI=1S/C18H34O3/c1-5-6-10-18(3,4)13(2)12-17(21)14-7-8-16(20)15(14)9-11-19/h11,13-17,20-21H,5-10,12H2,1-4H3/t13-,14+,15-,16+,17?/m0/s1. The average molecular weight is 298 g/mol. The number of hydrogen-bond acceptors (Lipinski definition) is 3. The third-order valence-electron chi connectivity index (χ3n) is 5.81. The van der Waals surface area contributed by atoms with Crippen molar-refractivity contribution in [2.24, 2.45) is 23.2 Å². The van der Waals surface area contributed by atoms with Gasteiger partial charge in [0.05, 0.1) is 12.2 Å². The maximum Gasteiger partial charge on any atom is 0.120 e. The van der Waals surface area contributed by atoms with Crippen LogP contribution < -0.4 is 0 Å². The van der Waals surface area contributed by atoms with Crippen LogP contribution in [-0.2, 0) is 4.79 Å². The topological polar surface area (TPSA) is 57.5 Å². The molecule has 3 nitrogen and oxygen atoms in total. The SMILES string of the molecule is CCCCC(C)(C)[C@@H](C)CC(O)[C@@H]1CC[C@@H](O)[C@H]1CC=O. The Balaban J connectivity index is 2.58. The van der Waals surface area contributed by atoms with Crippen molar-refractivity contribution < 1.29 is 15.0 Å². The molecule has 1 saturated carbocycles. The number of aliphatic hydroxyl groups is 2. The molecule has 124 valence electrons. The molecule has 5 atom stereocenters. The molecule has 1 aliphatic rings. The van der Waals surface area contributed by atoms with Crippen molar-refractivity contribution in [3.8, 4) is 0 Å². The summed E-state index contributed by atoms with van der Waals surface area (Å²) in [6.07, 6.45) is 6.37. The Bertz CT molecular complexity index is 314. The minimum Gasteiger partial charge on any atom is -0.393 e. The Morgan fingerprint density at radius 1 is 1.33 bits per heavy atom. The van der Waals surface area contributed by atoms with Crippen LogP contribution in [0, 0.1) is 23.2 Å². The maximum absolute atomic E-state index is 10.8. The number of aldehydes is 1. The van der Waals surface area contributed by atoms with E-state index in [0.29, 0.717) is 18.8 Å². The lowest BCUT2D eigenvalue weighted by Crippen LogP contribution is -2.33. The molecule has 0 radical (unpaired) electrons. The molecule has 3 heteroatoms. The Kier molecular flexibility index (Phi) is 7.35. The molecule has 0 amide bonds. The quantitative estimate of drug-likeness (QED) is 0.640. The van der Waals surface area contributed by atoms with Gasteiger partial charge in [-0.2, -0.15) is 0 Å². The largest absolute Gasteiger partial charge is 0.393 e. The molecule has 1 aliphatic carbocycles. The monoisotopic (exact) mass is 298 g/mol. The fourth-order valence-corrected chi connectivity index (χ4v) is 3.73. The van der Waals surface area contributed by atoms with Crippen LogP contribution in [0.15, 0.2) is 0 Å². The second-order valence-electron chi connectivity index (χ2n) is 7.67. The fourth-order valence-electron chi connectivity index (χ4n) is 3.73. The maximum atomic E-state index is 10.8. The highest BCUT2D eigenvalue weighted by molar-refractivity contribution is 5.50. The van der Waals surface area contributed by atoms with Gasteiger partial charge in [-0.3, -0.25) is 0 Å². The van der Waals surface area contributed by atoms with Gasteiger partial charge in [-0.1, -0.05) is 40.5 Å². The molecule has 0 spiro atoms. The van der Waals surface area contributed by atoms with Gasteiger partial charge in [-0.25, -0.2) is 0 Å². The van der Waals surface area contributed by atoms with E-state index in [4.69, 9.17) is 0 Å². The number of carbonyl (C=O) groups is 1. The van der Waals surface area contributed by atoms with E-state index in [1.165, 1.54) is 19.3 Å². The molecule has 0 aromatic heterocycles. The Labute approximate surface area is 130 Å². The normalized spacial score (nSPS) is 29.3. The minimum atomic E-state index is -0.418. The lowest BCUT2D eigenvalue weighted by atomic mass is 9.72. The van der Waals surface area contributed by atoms with Crippen LogP contribution in [0.3, 0.4) is 0 Å². The third kappa shape index (κ3) is 5.07. The van der Waals surface area contributed by atoms with Gasteiger partial charge in [0, 0.05) is 6.42 Å². The van der Waals surface area contributed by atoms with Crippen molar-refractivity contribution in [1.29, 1.82) is 0 Å². The lowest BCUT2D eigenvalue weighted by molar-refractivity contribution is -0.110. The van der Waals surface area contributed by atoms with Gasteiger partial charge in [0.25, 0.3) is 0 Å². The molecule has 0 aromatic carbocycles. The van der Waals surface area contributed by atoms with E-state index in [1.807, 2.05) is 0 Å². The van der Waals surface area contributed by atoms with Crippen LogP contribution in [-0.4, -0.2) is 28.7 Å². The summed E-state index contributed by atoms with van der Waals surface area (Å²) in [4.78, 5) is 10.8. The molecule has 1 fully saturated rings. The van der Waals surface area contributed by atoms with Crippen molar-refractivity contribution in [2.45, 2.75) is 84.8 Å². The van der Waals surface area contributed by atoms with Gasteiger partial charge in [-0.15, -0.1) is 0 Å². The summed E-state index contributed by atoms with van der Waals surface area (Å²) in [7, 11) is 0. The molecular formula is C18H34O3. The number of carbonyl (C=O) groups excluding carboxylic acids is 1. The molecule has 0 saturated heterocycles. The zero-order valence-electron chi connectivity index (χ0n) is 14.2. The van der Waals surface area contributed by atoms with Crippen LogP contribution in [0.5, 0.6) is 0 Å². The molecule has 0 aliphatic heterocycles. The second kappa shape index (κ2) is 8.28. The molecule has 0 heterocycles. The third-order valence-corrected chi connectivity index (χ3v) is 5.81. The van der Waals surface area contributed by atoms with E-state index in [9.17, 15) is 15.0 Å². The average Bonchev–Trinajstić information content (AvgIpc) is 2.78. The molecule has 1 rings (SSSR count). The molecule has 0 bridgehead atoms. The minimum absolute atomic E-state index is 0.0524. The number of aliphatic hydroxyl groups excluding tert-OH is 2. The van der Waals surface area contributed by atoms with E-state index < -0.39 is 12.2 Å². The molecule has 21 heavy (non-hydrogen) atoms. The molecule has 2 N–H and O–H groups in total. The summed E-state index contributed by atoms with van der Waals surface area (Å²) in [5, 5.41) is 20.6. The van der Waals surface area contributed by atoms with Crippen molar-refractivity contribution in [3.63, 3.8) is 0 Å². The second-order valence-corrected chi connectivity index (χ2v) is 7.67. The summed E-state index contributed by atoms with van der Waals surface area (Å²) >= 11 is 0. The van der Waals surface area contributed by atoms with Crippen LogP contribution >= 0.6 is 0 Å². The number of hydrogen-bond donors (Lipinski definition) is 2. The summed E-state index contributed by atoms with van der Waals surface area (Å²) in [5.41, 5.74) is 0.231. The van der Waals surface area contributed by atoms with Crippen molar-refractivity contribution in [1.82, 2.24) is 0 Å². The van der Waals surface area contributed by atoms with Crippen molar-refractivity contribution in [3.05, 3.63) is 0 Å². The lowest BCUT2D eigenvalue weighted by Gasteiger charge is -2.35. The van der Waals surface area contributed by atoms with Gasteiger partial charge in [-0.05, 0) is 48.9 Å². The summed E-state index contributed by atoms with van der Waals surface area (Å²) in [6, 6.07) is 0. The Hall–Kier alpha value is -0.410. The number of rotatable bonds is 9. The Morgan fingerprint density at radius 2 is 2.00 bits per heavy atom. The van der Waals surface area contributed by atoms with Crippen molar-refractivity contribution in [2.75, 3.05) is 0 Å². The Morgan fingerprint density at radius 3 is 2.57 bits per heavy atom. The molecular weight excluding hydrogens is 264 g/mol. The first-order chi connectivity index (χ1) is 9.83. The van der Waals surface area contributed by atoms with Gasteiger partial charge in [0.1, 0.15) is 6.29 Å². The molecule has 0 aromatic rings.